The number of nitrogens with one attached hydrogen (secondary N) is 1. The van der Waals surface area contributed by atoms with Gasteiger partial charge in [-0.1, -0.05) is 23.7 Å². The minimum atomic E-state index is -4.38. The third-order valence-electron chi connectivity index (χ3n) is 7.52. The molecule has 1 saturated carbocycles. The lowest BCUT2D eigenvalue weighted by atomic mass is 9.79. The lowest BCUT2D eigenvalue weighted by Crippen LogP contribution is -2.53. The van der Waals surface area contributed by atoms with E-state index in [1.54, 1.807) is 54.3 Å². The zero-order chi connectivity index (χ0) is 28.5. The fourth-order valence-electron chi connectivity index (χ4n) is 5.67. The molecule has 1 aliphatic carbocycles. The van der Waals surface area contributed by atoms with E-state index < -0.39 is 41.9 Å². The van der Waals surface area contributed by atoms with Crippen LogP contribution in [0.25, 0.3) is 0 Å². The van der Waals surface area contributed by atoms with Crippen LogP contribution in [0.2, 0.25) is 5.02 Å². The van der Waals surface area contributed by atoms with Gasteiger partial charge in [0.25, 0.3) is 5.91 Å². The minimum absolute atomic E-state index is 0.0103. The Balaban J connectivity index is 1.66. The lowest BCUT2D eigenvalue weighted by Gasteiger charge is -2.46. The number of carboxylic acid groups (broad SMARTS) is 1. The summed E-state index contributed by atoms with van der Waals surface area (Å²) in [7, 11) is 0. The van der Waals surface area contributed by atoms with Crippen molar-refractivity contribution in [3.8, 4) is 0 Å². The van der Waals surface area contributed by atoms with E-state index in [-0.39, 0.29) is 31.5 Å². The molecule has 2 aliphatic rings. The fraction of sp³-hybridized carbons (Fsp3) is 0.464. The van der Waals surface area contributed by atoms with Gasteiger partial charge in [-0.25, -0.2) is 4.90 Å². The van der Waals surface area contributed by atoms with Crippen molar-refractivity contribution in [3.63, 3.8) is 0 Å². The molecule has 11 heteroatoms. The number of carbonyl (C=O) groups excluding carboxylic acids is 1. The number of hydrogen-bond donors (Lipinski definition) is 3. The van der Waals surface area contributed by atoms with Gasteiger partial charge in [-0.3, -0.25) is 14.6 Å². The van der Waals surface area contributed by atoms with Crippen LogP contribution in [-0.2, 0) is 4.79 Å². The smallest absolute Gasteiger partial charge is 0.391 e. The monoisotopic (exact) mass is 565 g/mol. The normalized spacial score (nSPS) is 24.4. The second-order valence-electron chi connectivity index (χ2n) is 10.3. The largest absolute Gasteiger partial charge is 0.481 e. The molecule has 4 rings (SSSR count). The summed E-state index contributed by atoms with van der Waals surface area (Å²) >= 11 is 6.26. The molecule has 2 aromatic carbocycles. The zero-order valence-electron chi connectivity index (χ0n) is 21.6. The molecule has 1 heterocycles. The molecule has 3 N–H and O–H groups in total. The highest BCUT2D eigenvalue weighted by Crippen LogP contribution is 2.50. The molecule has 0 bridgehead atoms. The van der Waals surface area contributed by atoms with Crippen molar-refractivity contribution in [2.45, 2.75) is 70.1 Å². The van der Waals surface area contributed by atoms with Crippen LogP contribution >= 0.6 is 11.6 Å². The van der Waals surface area contributed by atoms with Gasteiger partial charge in [-0.05, 0) is 81.0 Å². The van der Waals surface area contributed by atoms with Crippen molar-refractivity contribution < 1.29 is 33.0 Å². The van der Waals surface area contributed by atoms with Crippen LogP contribution in [0.1, 0.15) is 72.1 Å². The van der Waals surface area contributed by atoms with E-state index in [1.165, 1.54) is 0 Å². The van der Waals surface area contributed by atoms with E-state index >= 15 is 0 Å². The predicted molar refractivity (Wildman–Crippen MR) is 141 cm³/mol. The topological polar surface area (TPSA) is 102 Å². The number of aliphatic hydroxyl groups excluding tert-OH is 1. The Morgan fingerprint density at radius 3 is 2.54 bits per heavy atom. The van der Waals surface area contributed by atoms with Crippen molar-refractivity contribution in [1.82, 2.24) is 10.2 Å². The van der Waals surface area contributed by atoms with Gasteiger partial charge in [-0.15, -0.1) is 0 Å². The molecule has 1 amide bonds. The first-order valence-electron chi connectivity index (χ1n) is 12.8. The Kier molecular flexibility index (Phi) is 8.39. The number of hydrogen-bond acceptors (Lipinski definition) is 5. The summed E-state index contributed by atoms with van der Waals surface area (Å²) in [4.78, 5) is 29.5. The van der Waals surface area contributed by atoms with Crippen LogP contribution in [-0.4, -0.2) is 57.3 Å². The van der Waals surface area contributed by atoms with Gasteiger partial charge in [0.1, 0.15) is 5.66 Å². The number of benzene rings is 2. The molecule has 1 aliphatic heterocycles. The molecule has 0 aromatic heterocycles. The second kappa shape index (κ2) is 11.3. The number of carbonyl (C=O) groups is 2. The summed E-state index contributed by atoms with van der Waals surface area (Å²) < 4.78 is 41.7. The summed E-state index contributed by atoms with van der Waals surface area (Å²) in [6.07, 6.45) is -5.46. The second-order valence-corrected chi connectivity index (χ2v) is 10.7. The molecule has 0 saturated heterocycles. The maximum atomic E-state index is 13.9. The number of alkyl halides is 3. The van der Waals surface area contributed by atoms with Crippen molar-refractivity contribution in [1.29, 1.82) is 0 Å². The highest BCUT2D eigenvalue weighted by molar-refractivity contribution is 6.31. The Morgan fingerprint density at radius 2 is 1.92 bits per heavy atom. The third-order valence-corrected chi connectivity index (χ3v) is 7.74. The van der Waals surface area contributed by atoms with Crippen LogP contribution in [0.4, 0.5) is 13.2 Å². The van der Waals surface area contributed by atoms with E-state index in [4.69, 9.17) is 21.7 Å². The standard InChI is InChI=1S/C28H31ClF3N3O4/c1-16-12-20(14-22(29)13-16)24-26(39)35(27(34-24)10-3-4-21(15-27)28(30,31)32)17(2)18-5-7-19(8-6-18)25(38)33-11-9-23(36)37/h5-8,12-14,17,21,26,39H,3-4,9-11,15H2,1-2H3,(H,33,38)(H,36,37). The average Bonchev–Trinajstić information content (AvgIpc) is 3.13. The van der Waals surface area contributed by atoms with Crippen LogP contribution in [0.5, 0.6) is 0 Å². The average molecular weight is 566 g/mol. The first kappa shape index (κ1) is 29.0. The summed E-state index contributed by atoms with van der Waals surface area (Å²) in [5.41, 5.74) is 1.41. The lowest BCUT2D eigenvalue weighted by molar-refractivity contribution is -0.198. The Labute approximate surface area is 229 Å². The molecule has 1 spiro atoms. The molecule has 1 fully saturated rings. The minimum Gasteiger partial charge on any atom is -0.481 e. The van der Waals surface area contributed by atoms with E-state index in [9.17, 15) is 27.9 Å². The Morgan fingerprint density at radius 1 is 1.23 bits per heavy atom. The highest BCUT2D eigenvalue weighted by atomic mass is 35.5. The predicted octanol–water partition coefficient (Wildman–Crippen LogP) is 5.49. The van der Waals surface area contributed by atoms with E-state index in [0.717, 1.165) is 5.56 Å². The molecular formula is C28H31ClF3N3O4. The maximum Gasteiger partial charge on any atom is 0.391 e. The molecule has 2 aromatic rings. The van der Waals surface area contributed by atoms with Gasteiger partial charge in [0, 0.05) is 28.7 Å². The van der Waals surface area contributed by atoms with Crippen molar-refractivity contribution in [3.05, 3.63) is 69.7 Å². The van der Waals surface area contributed by atoms with E-state index in [2.05, 4.69) is 5.32 Å². The van der Waals surface area contributed by atoms with Gasteiger partial charge in [0.05, 0.1) is 18.1 Å². The molecule has 210 valence electrons. The number of nitrogens with zero attached hydrogens (tertiary/aromatic N) is 2. The number of aliphatic carboxylic acids is 1. The molecule has 39 heavy (non-hydrogen) atoms. The van der Waals surface area contributed by atoms with Crippen LogP contribution < -0.4 is 5.32 Å². The number of halogens is 4. The molecule has 4 unspecified atom stereocenters. The summed E-state index contributed by atoms with van der Waals surface area (Å²) in [5.74, 6) is -3.01. The first-order valence-corrected chi connectivity index (χ1v) is 13.2. The fourth-order valence-corrected chi connectivity index (χ4v) is 5.96. The zero-order valence-corrected chi connectivity index (χ0v) is 22.4. The van der Waals surface area contributed by atoms with Gasteiger partial charge in [0.2, 0.25) is 0 Å². The van der Waals surface area contributed by atoms with Crippen molar-refractivity contribution in [2.75, 3.05) is 6.54 Å². The first-order chi connectivity index (χ1) is 18.3. The maximum absolute atomic E-state index is 13.9. The van der Waals surface area contributed by atoms with Crippen LogP contribution in [0.15, 0.2) is 47.5 Å². The summed E-state index contributed by atoms with van der Waals surface area (Å²) in [6.45, 7) is 3.62. The molecule has 0 radical (unpaired) electrons. The highest BCUT2D eigenvalue weighted by Gasteiger charge is 2.56. The van der Waals surface area contributed by atoms with E-state index in [0.29, 0.717) is 34.6 Å². The summed E-state index contributed by atoms with van der Waals surface area (Å²) in [5, 5.41) is 23.3. The number of amides is 1. The number of rotatable bonds is 7. The number of carboxylic acids is 1. The van der Waals surface area contributed by atoms with Crippen molar-refractivity contribution in [2.24, 2.45) is 10.9 Å². The number of aryl methyl sites for hydroxylation is 1. The van der Waals surface area contributed by atoms with Gasteiger partial charge < -0.3 is 15.5 Å². The Hall–Kier alpha value is -2.95. The quantitative estimate of drug-likeness (QED) is 0.412. The summed E-state index contributed by atoms with van der Waals surface area (Å²) in [6, 6.07) is 11.2. The van der Waals surface area contributed by atoms with Gasteiger partial charge >= 0.3 is 12.1 Å². The molecule has 7 nitrogen and oxygen atoms in total. The van der Waals surface area contributed by atoms with E-state index in [1.807, 2.05) is 6.92 Å². The number of aliphatic hydroxyl groups is 1. The SMILES string of the molecule is Cc1cc(Cl)cc(C2=NC3(CCCC(C(F)(F)F)C3)N(C(C)c3ccc(C(=O)NCCC(=O)O)cc3)C2O)c1. The van der Waals surface area contributed by atoms with Crippen molar-refractivity contribution >= 4 is 29.2 Å². The number of aliphatic imine (C=N–C) groups is 1. The van der Waals surface area contributed by atoms with Gasteiger partial charge in [0.15, 0.2) is 6.23 Å². The van der Waals surface area contributed by atoms with Crippen LogP contribution in [0.3, 0.4) is 0 Å². The van der Waals surface area contributed by atoms with Gasteiger partial charge in [-0.2, -0.15) is 13.2 Å². The third kappa shape index (κ3) is 6.28. The van der Waals surface area contributed by atoms with Crippen LogP contribution in [0, 0.1) is 12.8 Å². The Bertz CT molecular complexity index is 1250. The molecule has 4 atom stereocenters. The molecular weight excluding hydrogens is 535 g/mol.